The van der Waals surface area contributed by atoms with E-state index >= 15 is 0 Å². The Morgan fingerprint density at radius 2 is 1.94 bits per heavy atom. The summed E-state index contributed by atoms with van der Waals surface area (Å²) in [6, 6.07) is 5.13. The van der Waals surface area contributed by atoms with Crippen molar-refractivity contribution in [2.75, 3.05) is 6.61 Å². The van der Waals surface area contributed by atoms with E-state index in [0.717, 1.165) is 9.81 Å². The molecule has 16 heavy (non-hydrogen) atoms. The summed E-state index contributed by atoms with van der Waals surface area (Å²) in [7, 11) is 3.13. The molecule has 0 spiro atoms. The summed E-state index contributed by atoms with van der Waals surface area (Å²) in [4.78, 5) is 13.5. The fraction of sp³-hybridized carbons (Fsp3) is 0.182. The predicted octanol–water partition coefficient (Wildman–Crippen LogP) is 2.00. The van der Waals surface area contributed by atoms with E-state index in [1.54, 1.807) is 44.5 Å². The highest BCUT2D eigenvalue weighted by Crippen LogP contribution is 2.39. The molecule has 0 unspecified atom stereocenters. The lowest BCUT2D eigenvalue weighted by molar-refractivity contribution is 0.339. The second-order valence-electron chi connectivity index (χ2n) is 3.26. The molecule has 1 aliphatic rings. The van der Waals surface area contributed by atoms with E-state index < -0.39 is 0 Å². The van der Waals surface area contributed by atoms with Crippen LogP contribution in [-0.2, 0) is 6.54 Å². The van der Waals surface area contributed by atoms with Crippen molar-refractivity contribution in [3.63, 3.8) is 0 Å². The third-order valence-corrected chi connectivity index (χ3v) is 4.67. The first-order valence-corrected chi connectivity index (χ1v) is 6.95. The van der Waals surface area contributed by atoms with Crippen LogP contribution in [-0.4, -0.2) is 16.3 Å². The van der Waals surface area contributed by atoms with Gasteiger partial charge in [0.2, 0.25) is 0 Å². The van der Waals surface area contributed by atoms with Gasteiger partial charge in [-0.2, -0.15) is 0 Å². The molecule has 2 heterocycles. The lowest BCUT2D eigenvalue weighted by atomic mass is 10.4. The molecule has 84 valence electrons. The van der Waals surface area contributed by atoms with Gasteiger partial charge in [-0.3, -0.25) is 4.79 Å². The largest absolute Gasteiger partial charge is 0.391 e. The molecule has 0 aliphatic carbocycles. The van der Waals surface area contributed by atoms with Crippen molar-refractivity contribution in [2.45, 2.75) is 6.54 Å². The van der Waals surface area contributed by atoms with Gasteiger partial charge in [-0.25, -0.2) is 0 Å². The zero-order valence-corrected chi connectivity index (χ0v) is 10.1. The van der Waals surface area contributed by atoms with Crippen molar-refractivity contribution in [1.82, 2.24) is 4.57 Å². The summed E-state index contributed by atoms with van der Waals surface area (Å²) in [6.07, 6.45) is 5.62. The lowest BCUT2D eigenvalue weighted by Gasteiger charge is -2.12. The van der Waals surface area contributed by atoms with Crippen LogP contribution in [0.4, 0.5) is 0 Å². The van der Waals surface area contributed by atoms with E-state index in [4.69, 9.17) is 5.11 Å². The van der Waals surface area contributed by atoms with Gasteiger partial charge in [0.25, 0.3) is 5.56 Å². The average molecular weight is 253 g/mol. The van der Waals surface area contributed by atoms with Crippen molar-refractivity contribution in [1.29, 1.82) is 0 Å². The first-order valence-electron chi connectivity index (χ1n) is 4.80. The van der Waals surface area contributed by atoms with Gasteiger partial charge in [0, 0.05) is 22.1 Å². The predicted molar refractivity (Wildman–Crippen MR) is 69.1 cm³/mol. The van der Waals surface area contributed by atoms with Crippen LogP contribution in [0.5, 0.6) is 0 Å². The molecule has 0 radical (unpaired) electrons. The number of rotatable bonds is 3. The average Bonchev–Trinajstić information content (AvgIpc) is 2.33. The van der Waals surface area contributed by atoms with E-state index in [1.165, 1.54) is 0 Å². The number of hydrogen-bond acceptors (Lipinski definition) is 4. The highest BCUT2D eigenvalue weighted by Gasteiger charge is 2.08. The molecule has 2 rings (SSSR count). The SMILES string of the molecule is O=c1ccccn1CC1=CC=C(CO)SS1. The molecule has 0 aromatic carbocycles. The van der Waals surface area contributed by atoms with E-state index in [-0.39, 0.29) is 12.2 Å². The molecule has 1 aliphatic heterocycles. The second kappa shape index (κ2) is 5.43. The Balaban J connectivity index is 2.13. The summed E-state index contributed by atoms with van der Waals surface area (Å²) in [5.74, 6) is 0. The maximum absolute atomic E-state index is 11.5. The number of hydrogen-bond donors (Lipinski definition) is 1. The second-order valence-corrected chi connectivity index (χ2v) is 5.64. The van der Waals surface area contributed by atoms with Crippen LogP contribution in [0.15, 0.2) is 51.2 Å². The summed E-state index contributed by atoms with van der Waals surface area (Å²) in [6.45, 7) is 0.666. The Bertz CT molecular complexity index is 491. The van der Waals surface area contributed by atoms with Gasteiger partial charge < -0.3 is 9.67 Å². The maximum Gasteiger partial charge on any atom is 0.250 e. The summed E-state index contributed by atoms with van der Waals surface area (Å²) >= 11 is 0. The number of allylic oxidation sites excluding steroid dienone is 3. The highest BCUT2D eigenvalue weighted by atomic mass is 33.1. The monoisotopic (exact) mass is 253 g/mol. The van der Waals surface area contributed by atoms with Crippen molar-refractivity contribution in [3.05, 3.63) is 56.7 Å². The van der Waals surface area contributed by atoms with E-state index in [1.807, 2.05) is 18.2 Å². The molecule has 1 aromatic heterocycles. The molecule has 3 nitrogen and oxygen atoms in total. The van der Waals surface area contributed by atoms with Gasteiger partial charge in [0.15, 0.2) is 0 Å². The molecule has 1 aromatic rings. The third-order valence-electron chi connectivity index (χ3n) is 2.09. The van der Waals surface area contributed by atoms with Gasteiger partial charge in [0.05, 0.1) is 13.2 Å². The minimum atomic E-state index is 0.00550. The van der Waals surface area contributed by atoms with Gasteiger partial charge in [-0.1, -0.05) is 27.7 Å². The highest BCUT2D eigenvalue weighted by molar-refractivity contribution is 8.79. The normalized spacial score (nSPS) is 15.6. The molecular formula is C11H11NO2S2. The molecule has 1 N–H and O–H groups in total. The molecule has 0 fully saturated rings. The van der Waals surface area contributed by atoms with E-state index in [0.29, 0.717) is 6.54 Å². The van der Waals surface area contributed by atoms with Crippen molar-refractivity contribution >= 4 is 21.6 Å². The molecule has 0 amide bonds. The summed E-state index contributed by atoms with van der Waals surface area (Å²) in [5, 5.41) is 8.92. The number of nitrogens with zero attached hydrogens (tertiary/aromatic N) is 1. The Hall–Kier alpha value is -0.910. The number of pyridine rings is 1. The first-order chi connectivity index (χ1) is 7.79. The zero-order chi connectivity index (χ0) is 11.4. The van der Waals surface area contributed by atoms with Gasteiger partial charge >= 0.3 is 0 Å². The van der Waals surface area contributed by atoms with Crippen molar-refractivity contribution < 1.29 is 5.11 Å². The standard InChI is InChI=1S/C11H11NO2S2/c13-8-10-5-4-9(15-16-10)7-12-6-2-1-3-11(12)14/h1-6,13H,7-8H2. The lowest BCUT2D eigenvalue weighted by Crippen LogP contribution is -2.18. The van der Waals surface area contributed by atoms with Crippen LogP contribution in [0.25, 0.3) is 0 Å². The topological polar surface area (TPSA) is 42.2 Å². The number of aromatic nitrogens is 1. The van der Waals surface area contributed by atoms with E-state index in [2.05, 4.69) is 0 Å². The fourth-order valence-electron chi connectivity index (χ4n) is 1.27. The molecule has 0 atom stereocenters. The number of aliphatic hydroxyl groups is 1. The van der Waals surface area contributed by atoms with E-state index in [9.17, 15) is 4.79 Å². The van der Waals surface area contributed by atoms with Crippen LogP contribution >= 0.6 is 21.6 Å². The molecule has 5 heteroatoms. The van der Waals surface area contributed by atoms with Gasteiger partial charge in [-0.15, -0.1) is 0 Å². The Labute approximate surface area is 101 Å². The summed E-state index contributed by atoms with van der Waals surface area (Å²) < 4.78 is 1.66. The minimum absolute atomic E-state index is 0.00550. The molecular weight excluding hydrogens is 242 g/mol. The van der Waals surface area contributed by atoms with Crippen LogP contribution in [0, 0.1) is 0 Å². The molecule has 0 saturated carbocycles. The third kappa shape index (κ3) is 2.81. The van der Waals surface area contributed by atoms with Crippen LogP contribution in [0.2, 0.25) is 0 Å². The molecule has 0 bridgehead atoms. The number of aliphatic hydroxyl groups excluding tert-OH is 1. The Morgan fingerprint density at radius 3 is 2.56 bits per heavy atom. The van der Waals surface area contributed by atoms with Crippen molar-refractivity contribution in [3.8, 4) is 0 Å². The van der Waals surface area contributed by atoms with Gasteiger partial charge in [0.1, 0.15) is 0 Å². The zero-order valence-electron chi connectivity index (χ0n) is 8.50. The van der Waals surface area contributed by atoms with Crippen LogP contribution < -0.4 is 5.56 Å². The van der Waals surface area contributed by atoms with Crippen molar-refractivity contribution in [2.24, 2.45) is 0 Å². The van der Waals surface area contributed by atoms with Gasteiger partial charge in [-0.05, 0) is 18.2 Å². The fourth-order valence-corrected chi connectivity index (χ4v) is 3.26. The molecule has 0 saturated heterocycles. The Morgan fingerprint density at radius 1 is 1.19 bits per heavy atom. The first kappa shape index (κ1) is 11.6. The van der Waals surface area contributed by atoms with Crippen LogP contribution in [0.1, 0.15) is 0 Å². The Kier molecular flexibility index (Phi) is 3.93. The smallest absolute Gasteiger partial charge is 0.250 e. The summed E-state index contributed by atoms with van der Waals surface area (Å²) in [5.41, 5.74) is 0.00550. The quantitative estimate of drug-likeness (QED) is 0.837. The maximum atomic E-state index is 11.5. The minimum Gasteiger partial charge on any atom is -0.391 e. The van der Waals surface area contributed by atoms with Crippen LogP contribution in [0.3, 0.4) is 0 Å².